The Morgan fingerprint density at radius 1 is 1.20 bits per heavy atom. The summed E-state index contributed by atoms with van der Waals surface area (Å²) >= 11 is 0. The molecule has 1 aromatic carbocycles. The van der Waals surface area contributed by atoms with Crippen LogP contribution in [0.1, 0.15) is 48.5 Å². The fourth-order valence-corrected chi connectivity index (χ4v) is 4.32. The van der Waals surface area contributed by atoms with Gasteiger partial charge < -0.3 is 15.1 Å². The Kier molecular flexibility index (Phi) is 5.65. The van der Waals surface area contributed by atoms with Crippen LogP contribution in [-0.2, 0) is 29.0 Å². The van der Waals surface area contributed by atoms with Crippen LogP contribution in [0.2, 0.25) is 0 Å². The molecule has 1 fully saturated rings. The quantitative estimate of drug-likeness (QED) is 0.836. The monoisotopic (exact) mass is 411 g/mol. The predicted molar refractivity (Wildman–Crippen MR) is 110 cm³/mol. The summed E-state index contributed by atoms with van der Waals surface area (Å²) in [6.07, 6.45) is 2.67. The number of nitrogens with one attached hydrogen (secondary N) is 1. The van der Waals surface area contributed by atoms with Crippen molar-refractivity contribution in [3.05, 3.63) is 52.7 Å². The Bertz CT molecular complexity index is 963. The number of likely N-dealkylation sites (tertiary alicyclic amines) is 1. The minimum Gasteiger partial charge on any atom is -0.373 e. The van der Waals surface area contributed by atoms with E-state index in [9.17, 15) is 14.0 Å². The van der Waals surface area contributed by atoms with Crippen molar-refractivity contribution in [2.75, 3.05) is 25.5 Å². The van der Waals surface area contributed by atoms with Gasteiger partial charge in [-0.15, -0.1) is 0 Å². The smallest absolute Gasteiger partial charge is 0.227 e. The lowest BCUT2D eigenvalue weighted by Crippen LogP contribution is -2.38. The van der Waals surface area contributed by atoms with Crippen LogP contribution < -0.4 is 5.32 Å². The van der Waals surface area contributed by atoms with E-state index in [1.807, 2.05) is 11.9 Å². The van der Waals surface area contributed by atoms with E-state index in [1.54, 1.807) is 24.0 Å². The first-order valence-electron chi connectivity index (χ1n) is 10.3. The van der Waals surface area contributed by atoms with Crippen molar-refractivity contribution in [3.63, 3.8) is 0 Å². The van der Waals surface area contributed by atoms with Crippen molar-refractivity contribution >= 4 is 17.6 Å². The molecular formula is C22H26FN5O2. The summed E-state index contributed by atoms with van der Waals surface area (Å²) in [5, 5.41) is 3.16. The minimum atomic E-state index is -0.312. The zero-order valence-corrected chi connectivity index (χ0v) is 17.3. The summed E-state index contributed by atoms with van der Waals surface area (Å²) in [5.74, 6) is 1.12. The first-order chi connectivity index (χ1) is 14.5. The van der Waals surface area contributed by atoms with Crippen molar-refractivity contribution in [1.82, 2.24) is 19.8 Å². The van der Waals surface area contributed by atoms with Gasteiger partial charge in [0.15, 0.2) is 5.82 Å². The van der Waals surface area contributed by atoms with Gasteiger partial charge in [0.2, 0.25) is 11.8 Å². The molecule has 0 bridgehead atoms. The van der Waals surface area contributed by atoms with Gasteiger partial charge in [-0.05, 0) is 37.0 Å². The van der Waals surface area contributed by atoms with Crippen LogP contribution in [0.3, 0.4) is 0 Å². The van der Waals surface area contributed by atoms with Crippen LogP contribution in [0.25, 0.3) is 0 Å². The molecule has 1 saturated heterocycles. The third kappa shape index (κ3) is 3.99. The number of hydrogen-bond acceptors (Lipinski definition) is 5. The molecule has 8 heteroatoms. The van der Waals surface area contributed by atoms with Crippen molar-refractivity contribution < 1.29 is 14.0 Å². The molecule has 7 nitrogen and oxygen atoms in total. The van der Waals surface area contributed by atoms with Gasteiger partial charge in [-0.25, -0.2) is 14.4 Å². The molecule has 0 unspecified atom stereocenters. The van der Waals surface area contributed by atoms with Gasteiger partial charge in [-0.3, -0.25) is 9.59 Å². The summed E-state index contributed by atoms with van der Waals surface area (Å²) in [4.78, 5) is 37.9. The maximum Gasteiger partial charge on any atom is 0.227 e. The molecule has 0 spiro atoms. The van der Waals surface area contributed by atoms with Gasteiger partial charge in [0, 0.05) is 32.6 Å². The maximum atomic E-state index is 13.1. The van der Waals surface area contributed by atoms with Gasteiger partial charge in [-0.2, -0.15) is 0 Å². The standard InChI is InChI=1S/C22H26FN5O2/c1-14(29)28-10-3-4-19(28)22-25-18-13-27(11-9-17(18)21(24-2)26-22)20(30)12-15-5-7-16(23)8-6-15/h5-8,19H,3-4,9-13H2,1-2H3,(H,24,25,26)/t19-/m0/s1. The number of amides is 2. The normalized spacial score (nSPS) is 18.3. The zero-order valence-electron chi connectivity index (χ0n) is 17.3. The maximum absolute atomic E-state index is 13.1. The van der Waals surface area contributed by atoms with E-state index in [2.05, 4.69) is 5.32 Å². The number of rotatable bonds is 4. The average Bonchev–Trinajstić information content (AvgIpc) is 3.24. The predicted octanol–water partition coefficient (Wildman–Crippen LogP) is 2.47. The Labute approximate surface area is 175 Å². The highest BCUT2D eigenvalue weighted by molar-refractivity contribution is 5.79. The SMILES string of the molecule is CNc1nc([C@@H]2CCCN2C(C)=O)nc2c1CCN(C(=O)Cc1ccc(F)cc1)C2. The number of fused-ring (bicyclic) bond motifs is 1. The lowest BCUT2D eigenvalue weighted by Gasteiger charge is -2.30. The lowest BCUT2D eigenvalue weighted by atomic mass is 10.0. The Morgan fingerprint density at radius 2 is 1.97 bits per heavy atom. The summed E-state index contributed by atoms with van der Waals surface area (Å²) in [5.41, 5.74) is 2.65. The number of benzene rings is 1. The van der Waals surface area contributed by atoms with Gasteiger partial charge in [0.05, 0.1) is 24.7 Å². The van der Waals surface area contributed by atoms with Gasteiger partial charge >= 0.3 is 0 Å². The Hall–Kier alpha value is -3.03. The average molecular weight is 411 g/mol. The molecule has 2 aromatic rings. The first kappa shape index (κ1) is 20.3. The van der Waals surface area contributed by atoms with Gasteiger partial charge in [0.25, 0.3) is 0 Å². The van der Waals surface area contributed by atoms with Crippen LogP contribution in [-0.4, -0.2) is 51.7 Å². The van der Waals surface area contributed by atoms with E-state index in [4.69, 9.17) is 9.97 Å². The second kappa shape index (κ2) is 8.38. The number of aromatic nitrogens is 2. The minimum absolute atomic E-state index is 0.00958. The number of hydrogen-bond donors (Lipinski definition) is 1. The number of carbonyl (C=O) groups is 2. The number of anilines is 1. The van der Waals surface area contributed by atoms with Crippen molar-refractivity contribution in [2.24, 2.45) is 0 Å². The first-order valence-corrected chi connectivity index (χ1v) is 10.3. The molecule has 1 aromatic heterocycles. The third-order valence-corrected chi connectivity index (χ3v) is 5.90. The molecule has 30 heavy (non-hydrogen) atoms. The summed E-state index contributed by atoms with van der Waals surface area (Å²) in [6, 6.07) is 5.90. The topological polar surface area (TPSA) is 78.4 Å². The van der Waals surface area contributed by atoms with Crippen molar-refractivity contribution in [1.29, 1.82) is 0 Å². The van der Waals surface area contributed by atoms with Crippen LogP contribution >= 0.6 is 0 Å². The van der Waals surface area contributed by atoms with E-state index in [-0.39, 0.29) is 30.1 Å². The van der Waals surface area contributed by atoms with Crippen LogP contribution in [0.4, 0.5) is 10.2 Å². The molecule has 0 aliphatic carbocycles. The molecule has 0 radical (unpaired) electrons. The second-order valence-corrected chi connectivity index (χ2v) is 7.84. The molecule has 2 amide bonds. The zero-order chi connectivity index (χ0) is 21.3. The summed E-state index contributed by atoms with van der Waals surface area (Å²) in [6.45, 7) is 3.29. The molecule has 158 valence electrons. The molecule has 4 rings (SSSR count). The summed E-state index contributed by atoms with van der Waals surface area (Å²) < 4.78 is 13.1. The van der Waals surface area contributed by atoms with Gasteiger partial charge in [0.1, 0.15) is 11.6 Å². The molecule has 1 atom stereocenters. The molecular weight excluding hydrogens is 385 g/mol. The lowest BCUT2D eigenvalue weighted by molar-refractivity contribution is -0.131. The molecule has 3 heterocycles. The molecule has 1 N–H and O–H groups in total. The number of carbonyl (C=O) groups excluding carboxylic acids is 2. The second-order valence-electron chi connectivity index (χ2n) is 7.84. The largest absolute Gasteiger partial charge is 0.373 e. The molecule has 2 aliphatic heterocycles. The van der Waals surface area contributed by atoms with Gasteiger partial charge in [-0.1, -0.05) is 12.1 Å². The van der Waals surface area contributed by atoms with E-state index in [0.717, 1.165) is 42.0 Å². The van der Waals surface area contributed by atoms with E-state index >= 15 is 0 Å². The summed E-state index contributed by atoms with van der Waals surface area (Å²) in [7, 11) is 1.83. The van der Waals surface area contributed by atoms with E-state index in [0.29, 0.717) is 25.3 Å². The van der Waals surface area contributed by atoms with E-state index in [1.165, 1.54) is 12.1 Å². The molecule has 2 aliphatic rings. The van der Waals surface area contributed by atoms with Crippen molar-refractivity contribution in [2.45, 2.75) is 45.2 Å². The highest BCUT2D eigenvalue weighted by Gasteiger charge is 2.32. The van der Waals surface area contributed by atoms with Crippen LogP contribution in [0, 0.1) is 5.82 Å². The number of halogens is 1. The highest BCUT2D eigenvalue weighted by atomic mass is 19.1. The molecule has 0 saturated carbocycles. The fraction of sp³-hybridized carbons (Fsp3) is 0.455. The Morgan fingerprint density at radius 3 is 2.67 bits per heavy atom. The van der Waals surface area contributed by atoms with E-state index < -0.39 is 0 Å². The van der Waals surface area contributed by atoms with Crippen LogP contribution in [0.5, 0.6) is 0 Å². The number of nitrogens with zero attached hydrogens (tertiary/aromatic N) is 4. The van der Waals surface area contributed by atoms with Crippen LogP contribution in [0.15, 0.2) is 24.3 Å². The fourth-order valence-electron chi connectivity index (χ4n) is 4.32. The van der Waals surface area contributed by atoms with Crippen molar-refractivity contribution in [3.8, 4) is 0 Å². The highest BCUT2D eigenvalue weighted by Crippen LogP contribution is 2.33. The third-order valence-electron chi connectivity index (χ3n) is 5.90. The Balaban J connectivity index is 1.56.